The molecule has 3 heteroatoms. The molecule has 3 aromatic carbocycles. The summed E-state index contributed by atoms with van der Waals surface area (Å²) in [5.41, 5.74) is 2.28. The standard InChI is InChI=1S/C24H27NO2/c1-24(2,3)19-13-15-20(16-14-19)27-17-7-12-23(26)25-22-11-6-9-18-8-4-5-10-21(18)22/h4-6,8-11,13-16H,7,12,17H2,1-3H3,(H,25,26). The van der Waals surface area contributed by atoms with Crippen LogP contribution < -0.4 is 10.1 Å². The van der Waals surface area contributed by atoms with E-state index in [-0.39, 0.29) is 11.3 Å². The number of carbonyl (C=O) groups is 1. The Bertz CT molecular complexity index is 902. The second kappa shape index (κ2) is 8.26. The Morgan fingerprint density at radius 1 is 0.926 bits per heavy atom. The van der Waals surface area contributed by atoms with Crippen molar-refractivity contribution in [1.29, 1.82) is 0 Å². The van der Waals surface area contributed by atoms with Crippen molar-refractivity contribution in [2.75, 3.05) is 11.9 Å². The lowest BCUT2D eigenvalue weighted by Gasteiger charge is -2.19. The largest absolute Gasteiger partial charge is 0.494 e. The summed E-state index contributed by atoms with van der Waals surface area (Å²) in [7, 11) is 0. The SMILES string of the molecule is CC(C)(C)c1ccc(OCCCC(=O)Nc2cccc3ccccc23)cc1. The molecule has 3 nitrogen and oxygen atoms in total. The van der Waals surface area contributed by atoms with Gasteiger partial charge in [0.15, 0.2) is 0 Å². The zero-order valence-corrected chi connectivity index (χ0v) is 16.3. The van der Waals surface area contributed by atoms with Crippen LogP contribution in [0.1, 0.15) is 39.2 Å². The number of rotatable bonds is 6. The van der Waals surface area contributed by atoms with Crippen LogP contribution in [0.4, 0.5) is 5.69 Å². The topological polar surface area (TPSA) is 38.3 Å². The predicted octanol–water partition coefficient (Wildman–Crippen LogP) is 5.94. The van der Waals surface area contributed by atoms with Gasteiger partial charge in [-0.3, -0.25) is 4.79 Å². The van der Waals surface area contributed by atoms with Gasteiger partial charge in [-0.25, -0.2) is 0 Å². The van der Waals surface area contributed by atoms with Gasteiger partial charge in [0.1, 0.15) is 5.75 Å². The van der Waals surface area contributed by atoms with Crippen molar-refractivity contribution in [3.63, 3.8) is 0 Å². The van der Waals surface area contributed by atoms with E-state index in [0.717, 1.165) is 22.2 Å². The molecular formula is C24H27NO2. The second-order valence-electron chi connectivity index (χ2n) is 7.80. The van der Waals surface area contributed by atoms with Crippen LogP contribution in [0.5, 0.6) is 5.75 Å². The molecule has 3 aromatic rings. The van der Waals surface area contributed by atoms with Crippen LogP contribution in [0, 0.1) is 0 Å². The van der Waals surface area contributed by atoms with E-state index in [4.69, 9.17) is 4.74 Å². The lowest BCUT2D eigenvalue weighted by molar-refractivity contribution is -0.116. The smallest absolute Gasteiger partial charge is 0.224 e. The average Bonchev–Trinajstić information content (AvgIpc) is 2.65. The number of carbonyl (C=O) groups excluding carboxylic acids is 1. The van der Waals surface area contributed by atoms with Crippen molar-refractivity contribution in [2.24, 2.45) is 0 Å². The molecule has 3 rings (SSSR count). The first-order chi connectivity index (χ1) is 12.9. The number of nitrogens with one attached hydrogen (secondary N) is 1. The Hall–Kier alpha value is -2.81. The molecule has 27 heavy (non-hydrogen) atoms. The molecule has 0 saturated heterocycles. The van der Waals surface area contributed by atoms with E-state index in [1.807, 2.05) is 54.6 Å². The number of benzene rings is 3. The summed E-state index contributed by atoms with van der Waals surface area (Å²) in [5.74, 6) is 0.857. The molecule has 0 aromatic heterocycles. The van der Waals surface area contributed by atoms with E-state index in [0.29, 0.717) is 19.4 Å². The highest BCUT2D eigenvalue weighted by Gasteiger charge is 2.13. The van der Waals surface area contributed by atoms with Crippen molar-refractivity contribution in [2.45, 2.75) is 39.0 Å². The number of fused-ring (bicyclic) bond motifs is 1. The Balaban J connectivity index is 1.47. The molecule has 0 radical (unpaired) electrons. The molecule has 0 unspecified atom stereocenters. The van der Waals surface area contributed by atoms with Crippen LogP contribution in [0.25, 0.3) is 10.8 Å². The lowest BCUT2D eigenvalue weighted by Crippen LogP contribution is -2.13. The Morgan fingerprint density at radius 2 is 1.63 bits per heavy atom. The summed E-state index contributed by atoms with van der Waals surface area (Å²) in [4.78, 5) is 12.3. The number of amides is 1. The Kier molecular flexibility index (Phi) is 5.80. The predicted molar refractivity (Wildman–Crippen MR) is 112 cm³/mol. The van der Waals surface area contributed by atoms with Crippen molar-refractivity contribution in [3.8, 4) is 5.75 Å². The van der Waals surface area contributed by atoms with E-state index in [1.54, 1.807) is 0 Å². The summed E-state index contributed by atoms with van der Waals surface area (Å²) in [5, 5.41) is 5.19. The van der Waals surface area contributed by atoms with Crippen LogP contribution in [0.3, 0.4) is 0 Å². The molecule has 0 bridgehead atoms. The van der Waals surface area contributed by atoms with Gasteiger partial charge in [-0.1, -0.05) is 69.3 Å². The molecule has 0 aliphatic rings. The van der Waals surface area contributed by atoms with Crippen LogP contribution >= 0.6 is 0 Å². The van der Waals surface area contributed by atoms with E-state index in [2.05, 4.69) is 38.2 Å². The van der Waals surface area contributed by atoms with Crippen molar-refractivity contribution < 1.29 is 9.53 Å². The van der Waals surface area contributed by atoms with Crippen molar-refractivity contribution in [1.82, 2.24) is 0 Å². The van der Waals surface area contributed by atoms with Crippen LogP contribution in [-0.4, -0.2) is 12.5 Å². The van der Waals surface area contributed by atoms with Crippen molar-refractivity contribution in [3.05, 3.63) is 72.3 Å². The fourth-order valence-corrected chi connectivity index (χ4v) is 3.02. The number of ether oxygens (including phenoxy) is 1. The van der Waals surface area contributed by atoms with E-state index in [9.17, 15) is 4.79 Å². The third kappa shape index (κ3) is 5.10. The molecule has 1 N–H and O–H groups in total. The van der Waals surface area contributed by atoms with Crippen LogP contribution in [0.15, 0.2) is 66.7 Å². The fourth-order valence-electron chi connectivity index (χ4n) is 3.02. The highest BCUT2D eigenvalue weighted by Crippen LogP contribution is 2.25. The zero-order valence-electron chi connectivity index (χ0n) is 16.3. The maximum absolute atomic E-state index is 12.3. The summed E-state index contributed by atoms with van der Waals surface area (Å²) in [6.45, 7) is 7.10. The molecule has 0 saturated carbocycles. The van der Waals surface area contributed by atoms with Gasteiger partial charge in [-0.05, 0) is 41.0 Å². The minimum absolute atomic E-state index is 0.0121. The molecule has 0 aliphatic carbocycles. The molecule has 1 amide bonds. The minimum atomic E-state index is 0.0121. The summed E-state index contributed by atoms with van der Waals surface area (Å²) < 4.78 is 5.76. The zero-order chi connectivity index (χ0) is 19.3. The number of hydrogen-bond acceptors (Lipinski definition) is 2. The summed E-state index contributed by atoms with van der Waals surface area (Å²) >= 11 is 0. The van der Waals surface area contributed by atoms with Gasteiger partial charge in [-0.15, -0.1) is 0 Å². The molecule has 0 aliphatic heterocycles. The van der Waals surface area contributed by atoms with E-state index < -0.39 is 0 Å². The van der Waals surface area contributed by atoms with Crippen LogP contribution in [0.2, 0.25) is 0 Å². The van der Waals surface area contributed by atoms with Gasteiger partial charge in [0, 0.05) is 17.5 Å². The van der Waals surface area contributed by atoms with Gasteiger partial charge in [0.25, 0.3) is 0 Å². The fraction of sp³-hybridized carbons (Fsp3) is 0.292. The molecule has 0 heterocycles. The quantitative estimate of drug-likeness (QED) is 0.552. The number of hydrogen-bond donors (Lipinski definition) is 1. The second-order valence-corrected chi connectivity index (χ2v) is 7.80. The summed E-state index contributed by atoms with van der Waals surface area (Å²) in [6, 6.07) is 22.2. The van der Waals surface area contributed by atoms with Gasteiger partial charge in [0.2, 0.25) is 5.91 Å². The molecule has 0 fully saturated rings. The maximum atomic E-state index is 12.3. The highest BCUT2D eigenvalue weighted by molar-refractivity contribution is 6.02. The van der Waals surface area contributed by atoms with Gasteiger partial charge in [0.05, 0.1) is 6.61 Å². The molecule has 140 valence electrons. The molecule has 0 spiro atoms. The first kappa shape index (κ1) is 19.0. The monoisotopic (exact) mass is 361 g/mol. The van der Waals surface area contributed by atoms with Crippen molar-refractivity contribution >= 4 is 22.4 Å². The first-order valence-corrected chi connectivity index (χ1v) is 9.44. The Labute approximate surface area is 161 Å². The first-order valence-electron chi connectivity index (χ1n) is 9.44. The molecule has 0 atom stereocenters. The van der Waals surface area contributed by atoms with Gasteiger partial charge < -0.3 is 10.1 Å². The number of anilines is 1. The van der Waals surface area contributed by atoms with Crippen LogP contribution in [-0.2, 0) is 10.2 Å². The lowest BCUT2D eigenvalue weighted by atomic mass is 9.87. The third-order valence-corrected chi connectivity index (χ3v) is 4.60. The van der Waals surface area contributed by atoms with Gasteiger partial charge >= 0.3 is 0 Å². The highest BCUT2D eigenvalue weighted by atomic mass is 16.5. The van der Waals surface area contributed by atoms with Gasteiger partial charge in [-0.2, -0.15) is 0 Å². The normalized spacial score (nSPS) is 11.4. The maximum Gasteiger partial charge on any atom is 0.224 e. The minimum Gasteiger partial charge on any atom is -0.494 e. The average molecular weight is 361 g/mol. The van der Waals surface area contributed by atoms with E-state index in [1.165, 1.54) is 5.56 Å². The van der Waals surface area contributed by atoms with E-state index >= 15 is 0 Å². The third-order valence-electron chi connectivity index (χ3n) is 4.60. The molecular weight excluding hydrogens is 334 g/mol. The summed E-state index contributed by atoms with van der Waals surface area (Å²) in [6.07, 6.45) is 1.11. The Morgan fingerprint density at radius 3 is 2.37 bits per heavy atom.